The minimum absolute atomic E-state index is 0.306. The van der Waals surface area contributed by atoms with Crippen LogP contribution in [0.1, 0.15) is 37.7 Å². The van der Waals surface area contributed by atoms with Crippen LogP contribution in [0.3, 0.4) is 0 Å². The first-order valence-corrected chi connectivity index (χ1v) is 13.6. The molecule has 37 heavy (non-hydrogen) atoms. The number of imide groups is 1. The van der Waals surface area contributed by atoms with Crippen molar-refractivity contribution in [3.8, 4) is 0 Å². The molecule has 2 N–H and O–H groups in total. The van der Waals surface area contributed by atoms with Gasteiger partial charge in [0.15, 0.2) is 0 Å². The maximum atomic E-state index is 12.9. The molecule has 3 aromatic rings. The monoisotopic (exact) mass is 497 g/mol. The fraction of sp³-hybridized carbons (Fsp3) is 0.400. The lowest BCUT2D eigenvalue weighted by Crippen LogP contribution is -2.44. The number of nitrogens with one attached hydrogen (secondary N) is 2. The van der Waals surface area contributed by atoms with Crippen molar-refractivity contribution in [2.75, 3.05) is 38.0 Å². The number of carbonyl (C=O) groups excluding carboxylic acids is 2. The molecule has 6 rings (SSSR count). The van der Waals surface area contributed by atoms with Crippen LogP contribution in [0.25, 0.3) is 16.5 Å². The SMILES string of the molecule is O=C1NC(=O)C(c2cn(CCCN3CCC(N4CCCC4)CC3)c3ccccc23)=C1Nc1ccccc1. The Labute approximate surface area is 218 Å². The second kappa shape index (κ2) is 10.5. The number of hydrogen-bond donors (Lipinski definition) is 2. The van der Waals surface area contributed by atoms with Gasteiger partial charge < -0.3 is 19.7 Å². The van der Waals surface area contributed by atoms with Gasteiger partial charge in [0.25, 0.3) is 11.8 Å². The summed E-state index contributed by atoms with van der Waals surface area (Å²) in [7, 11) is 0. The van der Waals surface area contributed by atoms with Crippen molar-refractivity contribution < 1.29 is 9.59 Å². The lowest BCUT2D eigenvalue weighted by molar-refractivity contribution is -0.123. The van der Waals surface area contributed by atoms with Crippen LogP contribution in [0.4, 0.5) is 5.69 Å². The number of benzene rings is 2. The van der Waals surface area contributed by atoms with Gasteiger partial charge in [-0.15, -0.1) is 0 Å². The van der Waals surface area contributed by atoms with E-state index in [1.165, 1.54) is 51.9 Å². The van der Waals surface area contributed by atoms with Crippen LogP contribution in [-0.2, 0) is 16.1 Å². The standard InChI is InChI=1S/C30H35N5O2/c36-29-27(28(30(37)32-29)31-22-9-2-1-3-10-22)25-21-35(26-12-5-4-11-24(25)26)18-8-15-33-19-13-23(14-20-33)34-16-6-7-17-34/h1-5,9-12,21,23H,6-8,13-20H2,(H2,31,32,36,37). The van der Waals surface area contributed by atoms with E-state index in [1.54, 1.807) is 0 Å². The summed E-state index contributed by atoms with van der Waals surface area (Å²) in [6.45, 7) is 6.89. The number of likely N-dealkylation sites (tertiary alicyclic amines) is 2. The summed E-state index contributed by atoms with van der Waals surface area (Å²) in [4.78, 5) is 30.9. The zero-order valence-corrected chi connectivity index (χ0v) is 21.3. The van der Waals surface area contributed by atoms with Gasteiger partial charge in [0.1, 0.15) is 5.70 Å². The van der Waals surface area contributed by atoms with Crippen molar-refractivity contribution in [1.29, 1.82) is 0 Å². The van der Waals surface area contributed by atoms with Crippen LogP contribution in [0.5, 0.6) is 0 Å². The van der Waals surface area contributed by atoms with Crippen LogP contribution in [0, 0.1) is 0 Å². The molecule has 0 radical (unpaired) electrons. The van der Waals surface area contributed by atoms with Crippen LogP contribution < -0.4 is 10.6 Å². The third kappa shape index (κ3) is 4.93. The van der Waals surface area contributed by atoms with Gasteiger partial charge in [-0.1, -0.05) is 36.4 Å². The normalized spacial score (nSPS) is 19.8. The van der Waals surface area contributed by atoms with Crippen molar-refractivity contribution in [3.63, 3.8) is 0 Å². The molecule has 0 spiro atoms. The average molecular weight is 498 g/mol. The van der Waals surface area contributed by atoms with Gasteiger partial charge in [-0.25, -0.2) is 0 Å². The first kappa shape index (κ1) is 23.9. The smallest absolute Gasteiger partial charge is 0.275 e. The molecule has 0 aliphatic carbocycles. The molecule has 2 aromatic carbocycles. The van der Waals surface area contributed by atoms with Crippen LogP contribution in [0.15, 0.2) is 66.5 Å². The number of hydrogen-bond acceptors (Lipinski definition) is 5. The molecule has 2 amide bonds. The molecular formula is C30H35N5O2. The van der Waals surface area contributed by atoms with E-state index in [9.17, 15) is 9.59 Å². The molecule has 2 saturated heterocycles. The third-order valence-electron chi connectivity index (χ3n) is 8.12. The number of aryl methyl sites for hydroxylation is 1. The van der Waals surface area contributed by atoms with E-state index in [0.29, 0.717) is 11.3 Å². The number of piperidine rings is 1. The number of nitrogens with zero attached hydrogens (tertiary/aromatic N) is 3. The van der Waals surface area contributed by atoms with Crippen LogP contribution in [-0.4, -0.2) is 64.9 Å². The molecule has 3 aliphatic rings. The van der Waals surface area contributed by atoms with E-state index in [-0.39, 0.29) is 5.91 Å². The highest BCUT2D eigenvalue weighted by Crippen LogP contribution is 2.33. The molecule has 192 valence electrons. The van der Waals surface area contributed by atoms with E-state index < -0.39 is 5.91 Å². The Morgan fingerprint density at radius 2 is 1.57 bits per heavy atom. The van der Waals surface area contributed by atoms with Gasteiger partial charge in [0.2, 0.25) is 0 Å². The van der Waals surface area contributed by atoms with Crippen molar-refractivity contribution >= 4 is 34.0 Å². The predicted molar refractivity (Wildman–Crippen MR) is 147 cm³/mol. The van der Waals surface area contributed by atoms with E-state index >= 15 is 0 Å². The molecule has 4 heterocycles. The van der Waals surface area contributed by atoms with E-state index in [1.807, 2.05) is 54.7 Å². The van der Waals surface area contributed by atoms with Gasteiger partial charge in [-0.2, -0.15) is 0 Å². The summed E-state index contributed by atoms with van der Waals surface area (Å²) < 4.78 is 2.24. The molecule has 7 nitrogen and oxygen atoms in total. The van der Waals surface area contributed by atoms with Crippen molar-refractivity contribution in [2.24, 2.45) is 0 Å². The van der Waals surface area contributed by atoms with Gasteiger partial charge in [-0.3, -0.25) is 14.9 Å². The minimum atomic E-state index is -0.391. The Morgan fingerprint density at radius 1 is 0.838 bits per heavy atom. The lowest BCUT2D eigenvalue weighted by atomic mass is 10.0. The summed E-state index contributed by atoms with van der Waals surface area (Å²) in [5, 5.41) is 6.65. The highest BCUT2D eigenvalue weighted by atomic mass is 16.2. The average Bonchev–Trinajstić information content (AvgIpc) is 3.64. The Hall–Kier alpha value is -3.42. The molecular weight excluding hydrogens is 462 g/mol. The summed E-state index contributed by atoms with van der Waals surface area (Å²) in [5.74, 6) is -0.745. The maximum absolute atomic E-state index is 12.9. The maximum Gasteiger partial charge on any atom is 0.275 e. The second-order valence-corrected chi connectivity index (χ2v) is 10.4. The predicted octanol–water partition coefficient (Wildman–Crippen LogP) is 4.07. The highest BCUT2D eigenvalue weighted by Gasteiger charge is 2.33. The van der Waals surface area contributed by atoms with Crippen molar-refractivity contribution in [1.82, 2.24) is 19.7 Å². The molecule has 7 heteroatoms. The number of fused-ring (bicyclic) bond motifs is 1. The topological polar surface area (TPSA) is 69.6 Å². The summed E-state index contributed by atoms with van der Waals surface area (Å²) in [6.07, 6.45) is 8.39. The molecule has 1 aromatic heterocycles. The van der Waals surface area contributed by atoms with E-state index in [0.717, 1.165) is 47.7 Å². The number of carbonyl (C=O) groups is 2. The van der Waals surface area contributed by atoms with Gasteiger partial charge in [0.05, 0.1) is 5.57 Å². The first-order chi connectivity index (χ1) is 18.2. The largest absolute Gasteiger partial charge is 0.350 e. The quantitative estimate of drug-likeness (QED) is 0.459. The second-order valence-electron chi connectivity index (χ2n) is 10.4. The molecule has 2 fully saturated rings. The van der Waals surface area contributed by atoms with Crippen molar-refractivity contribution in [3.05, 3.63) is 72.1 Å². The summed E-state index contributed by atoms with van der Waals surface area (Å²) >= 11 is 0. The van der Waals surface area contributed by atoms with Gasteiger partial charge >= 0.3 is 0 Å². The Balaban J connectivity index is 1.18. The Morgan fingerprint density at radius 3 is 2.35 bits per heavy atom. The fourth-order valence-corrected chi connectivity index (χ4v) is 6.21. The highest BCUT2D eigenvalue weighted by molar-refractivity contribution is 6.38. The van der Waals surface area contributed by atoms with Crippen LogP contribution >= 0.6 is 0 Å². The van der Waals surface area contributed by atoms with Crippen LogP contribution in [0.2, 0.25) is 0 Å². The number of amides is 2. The summed E-state index contributed by atoms with van der Waals surface area (Å²) in [6, 6.07) is 18.4. The Bertz CT molecular complexity index is 1310. The molecule has 0 atom stereocenters. The zero-order valence-electron chi connectivity index (χ0n) is 21.3. The molecule has 0 unspecified atom stereocenters. The third-order valence-corrected chi connectivity index (χ3v) is 8.12. The number of rotatable bonds is 8. The van der Waals surface area contributed by atoms with Crippen molar-refractivity contribution in [2.45, 2.75) is 44.7 Å². The van der Waals surface area contributed by atoms with E-state index in [2.05, 4.69) is 31.1 Å². The van der Waals surface area contributed by atoms with Gasteiger partial charge in [-0.05, 0) is 83.0 Å². The van der Waals surface area contributed by atoms with E-state index in [4.69, 9.17) is 0 Å². The van der Waals surface area contributed by atoms with Gasteiger partial charge in [0, 0.05) is 40.9 Å². The Kier molecular flexibility index (Phi) is 6.81. The number of anilines is 1. The lowest BCUT2D eigenvalue weighted by Gasteiger charge is -2.36. The summed E-state index contributed by atoms with van der Waals surface area (Å²) in [5.41, 5.74) is 3.37. The number of aromatic nitrogens is 1. The molecule has 3 aliphatic heterocycles. The minimum Gasteiger partial charge on any atom is -0.350 e. The number of para-hydroxylation sites is 2. The first-order valence-electron chi connectivity index (χ1n) is 13.6. The zero-order chi connectivity index (χ0) is 25.2. The molecule has 0 saturated carbocycles. The fourth-order valence-electron chi connectivity index (χ4n) is 6.21. The molecule has 0 bridgehead atoms.